The van der Waals surface area contributed by atoms with Gasteiger partial charge >= 0.3 is 12.4 Å². The number of rotatable bonds is 2. The molecule has 0 spiro atoms. The van der Waals surface area contributed by atoms with Gasteiger partial charge in [0, 0.05) is 19.5 Å². The van der Waals surface area contributed by atoms with E-state index in [9.17, 15) is 26.3 Å². The van der Waals surface area contributed by atoms with Gasteiger partial charge in [0.25, 0.3) is 0 Å². The molecule has 3 heterocycles. The van der Waals surface area contributed by atoms with Crippen molar-refractivity contribution in [2.75, 3.05) is 0 Å². The van der Waals surface area contributed by atoms with Gasteiger partial charge in [-0.15, -0.1) is 34.0 Å². The Labute approximate surface area is 151 Å². The summed E-state index contributed by atoms with van der Waals surface area (Å²) in [5.41, 5.74) is -3.18. The van der Waals surface area contributed by atoms with Crippen molar-refractivity contribution >= 4 is 34.0 Å². The van der Waals surface area contributed by atoms with Crippen LogP contribution in [0, 0.1) is 13.8 Å². The standard InChI is InChI=1S/C16H10F6S3/c1-7-3-5-9(23-7)13-11(15(17,18)19)12(16(20,21)22)14(25-13)10-6-4-8(2)24-10/h3-6H,1-2H3. The van der Waals surface area contributed by atoms with Crippen LogP contribution in [0.2, 0.25) is 0 Å². The highest BCUT2D eigenvalue weighted by Gasteiger charge is 2.49. The average Bonchev–Trinajstić information content (AvgIpc) is 3.13. The summed E-state index contributed by atoms with van der Waals surface area (Å²) in [6, 6.07) is 6.07. The first-order chi connectivity index (χ1) is 11.5. The minimum absolute atomic E-state index is 0.194. The van der Waals surface area contributed by atoms with E-state index in [0.717, 1.165) is 32.4 Å². The molecule has 0 radical (unpaired) electrons. The minimum atomic E-state index is -5.10. The number of aryl methyl sites for hydroxylation is 2. The van der Waals surface area contributed by atoms with Crippen molar-refractivity contribution in [2.45, 2.75) is 26.2 Å². The van der Waals surface area contributed by atoms with Gasteiger partial charge in [-0.05, 0) is 38.1 Å². The minimum Gasteiger partial charge on any atom is -0.166 e. The van der Waals surface area contributed by atoms with Crippen molar-refractivity contribution < 1.29 is 26.3 Å². The van der Waals surface area contributed by atoms with Gasteiger partial charge in [-0.2, -0.15) is 26.3 Å². The van der Waals surface area contributed by atoms with Crippen LogP contribution in [0.1, 0.15) is 20.9 Å². The van der Waals surface area contributed by atoms with E-state index >= 15 is 0 Å². The molecule has 3 rings (SSSR count). The Morgan fingerprint density at radius 1 is 0.600 bits per heavy atom. The maximum atomic E-state index is 13.6. The largest absolute Gasteiger partial charge is 0.418 e. The fourth-order valence-electron chi connectivity index (χ4n) is 2.43. The maximum absolute atomic E-state index is 13.6. The lowest BCUT2D eigenvalue weighted by molar-refractivity contribution is -0.160. The smallest absolute Gasteiger partial charge is 0.166 e. The lowest BCUT2D eigenvalue weighted by Gasteiger charge is -2.14. The Morgan fingerprint density at radius 2 is 0.960 bits per heavy atom. The average molecular weight is 412 g/mol. The van der Waals surface area contributed by atoms with Crippen LogP contribution >= 0.6 is 34.0 Å². The van der Waals surface area contributed by atoms with E-state index in [1.54, 1.807) is 26.0 Å². The van der Waals surface area contributed by atoms with Crippen LogP contribution in [-0.4, -0.2) is 0 Å². The van der Waals surface area contributed by atoms with E-state index in [1.165, 1.54) is 12.1 Å². The summed E-state index contributed by atoms with van der Waals surface area (Å²) in [5.74, 6) is 0. The van der Waals surface area contributed by atoms with Crippen molar-refractivity contribution in [3.8, 4) is 19.5 Å². The van der Waals surface area contributed by atoms with Crippen molar-refractivity contribution in [3.63, 3.8) is 0 Å². The summed E-state index contributed by atoms with van der Waals surface area (Å²) in [6.45, 7) is 3.40. The van der Waals surface area contributed by atoms with Crippen LogP contribution in [0.5, 0.6) is 0 Å². The van der Waals surface area contributed by atoms with E-state index in [2.05, 4.69) is 0 Å². The SMILES string of the molecule is Cc1ccc(-c2sc(-c3ccc(C)s3)c(C(F)(F)F)c2C(F)(F)F)s1. The quantitative estimate of drug-likeness (QED) is 0.376. The number of alkyl halides is 6. The normalized spacial score (nSPS) is 12.8. The zero-order chi connectivity index (χ0) is 18.6. The molecule has 9 heteroatoms. The van der Waals surface area contributed by atoms with Crippen LogP contribution in [0.15, 0.2) is 24.3 Å². The maximum Gasteiger partial charge on any atom is 0.418 e. The lowest BCUT2D eigenvalue weighted by Crippen LogP contribution is -2.15. The highest BCUT2D eigenvalue weighted by Crippen LogP contribution is 2.55. The van der Waals surface area contributed by atoms with Crippen LogP contribution < -0.4 is 0 Å². The van der Waals surface area contributed by atoms with Gasteiger partial charge in [0.2, 0.25) is 0 Å². The second kappa shape index (κ2) is 6.14. The highest BCUT2D eigenvalue weighted by atomic mass is 32.1. The summed E-state index contributed by atoms with van der Waals surface area (Å²) in [6.07, 6.45) is -10.2. The molecular formula is C16H10F6S3. The fourth-order valence-corrected chi connectivity index (χ4v) is 5.74. The van der Waals surface area contributed by atoms with Crippen molar-refractivity contribution in [1.29, 1.82) is 0 Å². The molecule has 0 atom stereocenters. The molecule has 3 aromatic heterocycles. The lowest BCUT2D eigenvalue weighted by atomic mass is 10.1. The van der Waals surface area contributed by atoms with Gasteiger partial charge in [-0.25, -0.2) is 0 Å². The first kappa shape index (κ1) is 18.5. The molecule has 3 aromatic rings. The molecular weight excluding hydrogens is 402 g/mol. The van der Waals surface area contributed by atoms with Gasteiger partial charge in [-0.3, -0.25) is 0 Å². The van der Waals surface area contributed by atoms with Crippen molar-refractivity contribution in [1.82, 2.24) is 0 Å². The Balaban J connectivity index is 2.38. The van der Waals surface area contributed by atoms with Crippen LogP contribution in [-0.2, 0) is 12.4 Å². The van der Waals surface area contributed by atoms with Gasteiger partial charge in [-0.1, -0.05) is 0 Å². The van der Waals surface area contributed by atoms with Gasteiger partial charge < -0.3 is 0 Å². The third-order valence-corrected chi connectivity index (χ3v) is 6.95. The predicted octanol–water partition coefficient (Wildman–Crippen LogP) is 7.86. The van der Waals surface area contributed by atoms with Crippen LogP contribution in [0.3, 0.4) is 0 Å². The van der Waals surface area contributed by atoms with E-state index < -0.39 is 23.5 Å². The zero-order valence-electron chi connectivity index (χ0n) is 12.8. The molecule has 0 saturated carbocycles. The number of halogens is 6. The van der Waals surface area contributed by atoms with Gasteiger partial charge in [0.05, 0.1) is 20.9 Å². The number of hydrogen-bond donors (Lipinski definition) is 0. The van der Waals surface area contributed by atoms with E-state index in [-0.39, 0.29) is 19.5 Å². The molecule has 25 heavy (non-hydrogen) atoms. The Hall–Kier alpha value is -1.32. The molecule has 0 aliphatic carbocycles. The molecule has 0 aliphatic heterocycles. The van der Waals surface area contributed by atoms with Crippen molar-refractivity contribution in [3.05, 3.63) is 45.1 Å². The summed E-state index contributed by atoms with van der Waals surface area (Å²) in [4.78, 5) is 1.11. The summed E-state index contributed by atoms with van der Waals surface area (Å²) >= 11 is 2.65. The third-order valence-electron chi connectivity index (χ3n) is 3.40. The first-order valence-corrected chi connectivity index (χ1v) is 9.38. The van der Waals surface area contributed by atoms with Crippen molar-refractivity contribution in [2.24, 2.45) is 0 Å². The van der Waals surface area contributed by atoms with Crippen LogP contribution in [0.25, 0.3) is 19.5 Å². The molecule has 0 aromatic carbocycles. The molecule has 0 N–H and O–H groups in total. The predicted molar refractivity (Wildman–Crippen MR) is 90.4 cm³/mol. The highest BCUT2D eigenvalue weighted by molar-refractivity contribution is 7.26. The topological polar surface area (TPSA) is 0 Å². The summed E-state index contributed by atoms with van der Waals surface area (Å²) in [5, 5.41) is 0. The second-order valence-corrected chi connectivity index (χ2v) is 8.92. The second-order valence-electron chi connectivity index (χ2n) is 5.33. The molecule has 0 bridgehead atoms. The molecule has 0 unspecified atom stereocenters. The zero-order valence-corrected chi connectivity index (χ0v) is 15.3. The Bertz CT molecular complexity index is 835. The van der Waals surface area contributed by atoms with E-state index in [1.807, 2.05) is 0 Å². The Kier molecular flexibility index (Phi) is 4.53. The fraction of sp³-hybridized carbons (Fsp3) is 0.250. The van der Waals surface area contributed by atoms with Gasteiger partial charge in [0.15, 0.2) is 0 Å². The van der Waals surface area contributed by atoms with E-state index in [0.29, 0.717) is 11.3 Å². The molecule has 0 fully saturated rings. The number of hydrogen-bond acceptors (Lipinski definition) is 3. The molecule has 0 aliphatic rings. The Morgan fingerprint density at radius 3 is 1.20 bits per heavy atom. The summed E-state index contributed by atoms with van der Waals surface area (Å²) < 4.78 is 81.5. The van der Waals surface area contributed by atoms with E-state index in [4.69, 9.17) is 0 Å². The molecule has 0 amide bonds. The molecule has 0 saturated heterocycles. The summed E-state index contributed by atoms with van der Waals surface area (Å²) in [7, 11) is 0. The first-order valence-electron chi connectivity index (χ1n) is 6.93. The van der Waals surface area contributed by atoms with Gasteiger partial charge in [0.1, 0.15) is 0 Å². The molecule has 134 valence electrons. The molecule has 0 nitrogen and oxygen atoms in total. The third kappa shape index (κ3) is 3.50. The van der Waals surface area contributed by atoms with Crippen LogP contribution in [0.4, 0.5) is 26.3 Å². The monoisotopic (exact) mass is 412 g/mol. The number of thiophene rings is 3.